The zero-order chi connectivity index (χ0) is 21.0. The second kappa shape index (κ2) is 8.76. The number of fused-ring (bicyclic) bond motifs is 1. The lowest BCUT2D eigenvalue weighted by atomic mass is 10.1. The van der Waals surface area contributed by atoms with Crippen LogP contribution >= 0.6 is 0 Å². The smallest absolute Gasteiger partial charge is 0.265 e. The summed E-state index contributed by atoms with van der Waals surface area (Å²) in [6.45, 7) is 2.54. The van der Waals surface area contributed by atoms with Crippen molar-refractivity contribution >= 4 is 38.9 Å². The number of hydrogen-bond acceptors (Lipinski definition) is 3. The molecule has 3 rings (SSSR count). The van der Waals surface area contributed by atoms with Crippen molar-refractivity contribution in [3.05, 3.63) is 71.4 Å². The summed E-state index contributed by atoms with van der Waals surface area (Å²) in [5, 5.41) is 1.09. The fraction of sp³-hybridized carbons (Fsp3) is 0.261. The molecule has 0 amide bonds. The van der Waals surface area contributed by atoms with Gasteiger partial charge in [0.05, 0.1) is 5.75 Å². The van der Waals surface area contributed by atoms with Gasteiger partial charge in [-0.25, -0.2) is 0 Å². The first kappa shape index (κ1) is 21.0. The van der Waals surface area contributed by atoms with E-state index in [1.165, 1.54) is 0 Å². The van der Waals surface area contributed by atoms with Gasteiger partial charge < -0.3 is 4.90 Å². The van der Waals surface area contributed by atoms with Gasteiger partial charge in [0.25, 0.3) is 10.1 Å². The minimum atomic E-state index is -3.97. The average molecular weight is 412 g/mol. The molecule has 0 aliphatic carbocycles. The first-order chi connectivity index (χ1) is 13.7. The normalized spacial score (nSPS) is 12.0. The molecule has 0 atom stereocenters. The Kier molecular flexibility index (Phi) is 6.35. The largest absolute Gasteiger partial charge is 0.378 e. The zero-order valence-electron chi connectivity index (χ0n) is 17.0. The van der Waals surface area contributed by atoms with E-state index in [-0.39, 0.29) is 5.75 Å². The highest BCUT2D eigenvalue weighted by atomic mass is 32.2. The summed E-state index contributed by atoms with van der Waals surface area (Å²) in [7, 11) is 0.0523. The van der Waals surface area contributed by atoms with Gasteiger partial charge in [0.2, 0.25) is 11.2 Å². The molecular weight excluding hydrogens is 384 g/mol. The number of nitrogens with zero attached hydrogens (tertiary/aromatic N) is 2. The topological polar surface area (TPSA) is 61.5 Å². The van der Waals surface area contributed by atoms with E-state index in [9.17, 15) is 8.42 Å². The van der Waals surface area contributed by atoms with E-state index in [0.717, 1.165) is 33.4 Å². The van der Waals surface area contributed by atoms with Crippen LogP contribution in [0, 0.1) is 6.92 Å². The Morgan fingerprint density at radius 3 is 2.34 bits per heavy atom. The molecule has 1 aromatic heterocycles. The molecule has 5 nitrogen and oxygen atoms in total. The van der Waals surface area contributed by atoms with Crippen LogP contribution in [-0.4, -0.2) is 32.8 Å². The van der Waals surface area contributed by atoms with E-state index < -0.39 is 10.1 Å². The van der Waals surface area contributed by atoms with Crippen molar-refractivity contribution in [3.8, 4) is 0 Å². The zero-order valence-corrected chi connectivity index (χ0v) is 17.9. The third-order valence-electron chi connectivity index (χ3n) is 4.86. The van der Waals surface area contributed by atoms with Gasteiger partial charge in [-0.05, 0) is 48.4 Å². The molecule has 0 saturated heterocycles. The molecule has 29 heavy (non-hydrogen) atoms. The van der Waals surface area contributed by atoms with Gasteiger partial charge in [-0.3, -0.25) is 4.55 Å². The summed E-state index contributed by atoms with van der Waals surface area (Å²) in [6, 6.07) is 18.6. The van der Waals surface area contributed by atoms with E-state index in [1.54, 1.807) is 0 Å². The summed E-state index contributed by atoms with van der Waals surface area (Å²) >= 11 is 0. The molecule has 1 N–H and O–H groups in total. The Morgan fingerprint density at radius 1 is 1.00 bits per heavy atom. The van der Waals surface area contributed by atoms with Crippen LogP contribution in [0.4, 0.5) is 5.69 Å². The van der Waals surface area contributed by atoms with E-state index >= 15 is 0 Å². The number of hydrogen-bond donors (Lipinski definition) is 1. The van der Waals surface area contributed by atoms with Crippen LogP contribution < -0.4 is 9.47 Å². The Hall–Kier alpha value is -2.70. The van der Waals surface area contributed by atoms with Gasteiger partial charge in [-0.2, -0.15) is 13.0 Å². The fourth-order valence-corrected chi connectivity index (χ4v) is 3.79. The Bertz CT molecular complexity index is 1130. The van der Waals surface area contributed by atoms with Crippen LogP contribution in [0.2, 0.25) is 0 Å². The quantitative estimate of drug-likeness (QED) is 0.472. The molecule has 0 spiro atoms. The van der Waals surface area contributed by atoms with E-state index in [0.29, 0.717) is 13.0 Å². The number of benzene rings is 2. The molecule has 1 heterocycles. The van der Waals surface area contributed by atoms with Crippen molar-refractivity contribution in [1.29, 1.82) is 0 Å². The second-order valence-electron chi connectivity index (χ2n) is 7.43. The molecule has 0 saturated carbocycles. The van der Waals surface area contributed by atoms with Crippen LogP contribution in [0.15, 0.2) is 54.6 Å². The van der Waals surface area contributed by atoms with Gasteiger partial charge in [0.15, 0.2) is 6.54 Å². The van der Waals surface area contributed by atoms with Crippen molar-refractivity contribution in [2.75, 3.05) is 24.7 Å². The molecule has 0 aliphatic heterocycles. The average Bonchev–Trinajstić information content (AvgIpc) is 2.66. The second-order valence-corrected chi connectivity index (χ2v) is 9.00. The summed E-state index contributed by atoms with van der Waals surface area (Å²) in [5.74, 6) is -0.253. The number of aryl methyl sites for hydroxylation is 2. The van der Waals surface area contributed by atoms with Crippen molar-refractivity contribution < 1.29 is 17.5 Å². The molecule has 0 bridgehead atoms. The standard InChI is InChI=1S/C23H26N2O3S/c1-18-5-9-20-10-14-22(13-8-19-6-11-21(12-7-19)24(2)3)25(23(20)17-18)15-4-16-29(26,27)28/h5-14,17H,4,15-16H2,1-3H3/p+1. The van der Waals surface area contributed by atoms with Crippen molar-refractivity contribution in [3.63, 3.8) is 0 Å². The maximum atomic E-state index is 11.1. The predicted octanol–water partition coefficient (Wildman–Crippen LogP) is 3.95. The van der Waals surface area contributed by atoms with Gasteiger partial charge in [0, 0.05) is 49.8 Å². The third kappa shape index (κ3) is 5.65. The summed E-state index contributed by atoms with van der Waals surface area (Å²) in [4.78, 5) is 2.06. The molecule has 0 unspecified atom stereocenters. The van der Waals surface area contributed by atoms with E-state index in [2.05, 4.69) is 64.1 Å². The monoisotopic (exact) mass is 411 g/mol. The fourth-order valence-electron chi connectivity index (χ4n) is 3.30. The van der Waals surface area contributed by atoms with Crippen LogP contribution in [0.5, 0.6) is 0 Å². The highest BCUT2D eigenvalue weighted by molar-refractivity contribution is 7.85. The minimum Gasteiger partial charge on any atom is -0.378 e. The molecular formula is C23H27N2O3S+. The van der Waals surface area contributed by atoms with Crippen molar-refractivity contribution in [2.24, 2.45) is 0 Å². The highest BCUT2D eigenvalue weighted by Gasteiger charge is 2.16. The molecule has 0 aliphatic rings. The first-order valence-corrected chi connectivity index (χ1v) is 11.2. The highest BCUT2D eigenvalue weighted by Crippen LogP contribution is 2.17. The van der Waals surface area contributed by atoms with Crippen LogP contribution in [0.3, 0.4) is 0 Å². The maximum Gasteiger partial charge on any atom is 0.265 e. The maximum absolute atomic E-state index is 11.1. The Labute approximate surface area is 172 Å². The number of aromatic nitrogens is 1. The lowest BCUT2D eigenvalue weighted by molar-refractivity contribution is -0.673. The lowest BCUT2D eigenvalue weighted by Gasteiger charge is -2.11. The summed E-state index contributed by atoms with van der Waals surface area (Å²) in [5.41, 5.74) is 5.40. The van der Waals surface area contributed by atoms with Crippen LogP contribution in [-0.2, 0) is 16.7 Å². The Morgan fingerprint density at radius 2 is 1.69 bits per heavy atom. The van der Waals surface area contributed by atoms with Crippen molar-refractivity contribution in [2.45, 2.75) is 19.9 Å². The summed E-state index contributed by atoms with van der Waals surface area (Å²) < 4.78 is 33.5. The SMILES string of the molecule is Cc1ccc2ccc(/C=C/c3ccc(N(C)C)cc3)[n+](CCCS(=O)(=O)O)c2c1. The predicted molar refractivity (Wildman–Crippen MR) is 120 cm³/mol. The molecule has 3 aromatic rings. The van der Waals surface area contributed by atoms with Gasteiger partial charge in [0.1, 0.15) is 0 Å². The number of anilines is 1. The molecule has 152 valence electrons. The molecule has 0 radical (unpaired) electrons. The molecule has 0 fully saturated rings. The number of rotatable bonds is 7. The minimum absolute atomic E-state index is 0.253. The van der Waals surface area contributed by atoms with Crippen molar-refractivity contribution in [1.82, 2.24) is 0 Å². The van der Waals surface area contributed by atoms with Crippen LogP contribution in [0.25, 0.3) is 23.1 Å². The van der Waals surface area contributed by atoms with Gasteiger partial charge in [-0.15, -0.1) is 0 Å². The molecule has 2 aromatic carbocycles. The summed E-state index contributed by atoms with van der Waals surface area (Å²) in [6.07, 6.45) is 4.44. The van der Waals surface area contributed by atoms with E-state index in [1.807, 2.05) is 33.2 Å². The first-order valence-electron chi connectivity index (χ1n) is 9.57. The van der Waals surface area contributed by atoms with Crippen LogP contribution in [0.1, 0.15) is 23.2 Å². The van der Waals surface area contributed by atoms with E-state index in [4.69, 9.17) is 4.55 Å². The lowest BCUT2D eigenvalue weighted by Crippen LogP contribution is -2.38. The Balaban J connectivity index is 1.95. The van der Waals surface area contributed by atoms with Gasteiger partial charge in [-0.1, -0.05) is 18.2 Å². The molecule has 6 heteroatoms. The third-order valence-corrected chi connectivity index (χ3v) is 5.67. The number of pyridine rings is 1. The van der Waals surface area contributed by atoms with Gasteiger partial charge >= 0.3 is 0 Å².